The van der Waals surface area contributed by atoms with Crippen molar-refractivity contribution in [3.63, 3.8) is 0 Å². The Morgan fingerprint density at radius 1 is 1.43 bits per heavy atom. The lowest BCUT2D eigenvalue weighted by Crippen LogP contribution is -2.42. The largest absolute Gasteiger partial charge is 0.338 e. The predicted molar refractivity (Wildman–Crippen MR) is 87.2 cm³/mol. The van der Waals surface area contributed by atoms with Gasteiger partial charge in [0.15, 0.2) is 0 Å². The lowest BCUT2D eigenvalue weighted by Gasteiger charge is -2.27. The number of nitrogens with one attached hydrogen (secondary N) is 1. The first kappa shape index (κ1) is 18.3. The van der Waals surface area contributed by atoms with Crippen molar-refractivity contribution in [2.75, 3.05) is 19.6 Å². The lowest BCUT2D eigenvalue weighted by molar-refractivity contribution is -0.135. The number of imidazole rings is 1. The van der Waals surface area contributed by atoms with Crippen molar-refractivity contribution in [2.45, 2.75) is 38.8 Å². The van der Waals surface area contributed by atoms with Gasteiger partial charge in [-0.25, -0.2) is 4.98 Å². The number of halogens is 2. The van der Waals surface area contributed by atoms with Crippen LogP contribution in [0.1, 0.15) is 25.1 Å². The second-order valence-electron chi connectivity index (χ2n) is 5.64. The summed E-state index contributed by atoms with van der Waals surface area (Å²) in [5.74, 6) is 1.58. The highest BCUT2D eigenvalue weighted by molar-refractivity contribution is 5.85. The number of aryl methyl sites for hydroxylation is 1. The fourth-order valence-electron chi connectivity index (χ4n) is 3.24. The van der Waals surface area contributed by atoms with Crippen molar-refractivity contribution in [3.8, 4) is 0 Å². The van der Waals surface area contributed by atoms with Gasteiger partial charge in [0, 0.05) is 38.1 Å². The average Bonchev–Trinajstić information content (AvgIpc) is 3.12. The van der Waals surface area contributed by atoms with Crippen molar-refractivity contribution in [3.05, 3.63) is 18.2 Å². The summed E-state index contributed by atoms with van der Waals surface area (Å²) >= 11 is 0. The Balaban J connectivity index is 0.00000110. The minimum absolute atomic E-state index is 0. The molecule has 2 fully saturated rings. The van der Waals surface area contributed by atoms with Gasteiger partial charge in [-0.2, -0.15) is 0 Å². The average molecular weight is 335 g/mol. The van der Waals surface area contributed by atoms with Gasteiger partial charge in [0.05, 0.1) is 5.92 Å². The smallest absolute Gasteiger partial charge is 0.227 e. The number of hydrogen-bond acceptors (Lipinski definition) is 3. The second-order valence-corrected chi connectivity index (χ2v) is 5.64. The van der Waals surface area contributed by atoms with Gasteiger partial charge in [-0.1, -0.05) is 0 Å². The first-order chi connectivity index (χ1) is 9.25. The molecule has 21 heavy (non-hydrogen) atoms. The molecule has 2 aliphatic heterocycles. The second kappa shape index (κ2) is 8.01. The molecule has 0 radical (unpaired) electrons. The molecule has 0 aliphatic carbocycles. The lowest BCUT2D eigenvalue weighted by atomic mass is 10.1. The van der Waals surface area contributed by atoms with Crippen molar-refractivity contribution in [1.82, 2.24) is 19.8 Å². The van der Waals surface area contributed by atoms with Gasteiger partial charge in [0.1, 0.15) is 5.82 Å². The molecule has 120 valence electrons. The van der Waals surface area contributed by atoms with Gasteiger partial charge in [0.25, 0.3) is 0 Å². The van der Waals surface area contributed by atoms with E-state index in [0.29, 0.717) is 11.9 Å². The van der Waals surface area contributed by atoms with Crippen LogP contribution in [0.5, 0.6) is 0 Å². The van der Waals surface area contributed by atoms with E-state index in [4.69, 9.17) is 0 Å². The Morgan fingerprint density at radius 2 is 2.24 bits per heavy atom. The SMILES string of the molecule is Cc1nccn1CC1CCCN1C(=O)C1CCNC1.Cl.Cl. The molecule has 1 aromatic heterocycles. The topological polar surface area (TPSA) is 50.2 Å². The zero-order valence-corrected chi connectivity index (χ0v) is 14.0. The normalized spacial score (nSPS) is 24.5. The number of hydrogen-bond donors (Lipinski definition) is 1. The van der Waals surface area contributed by atoms with E-state index in [1.54, 1.807) is 0 Å². The van der Waals surface area contributed by atoms with Crippen LogP contribution in [0, 0.1) is 12.8 Å². The number of likely N-dealkylation sites (tertiary alicyclic amines) is 1. The Bertz CT molecular complexity index is 460. The van der Waals surface area contributed by atoms with Gasteiger partial charge < -0.3 is 14.8 Å². The summed E-state index contributed by atoms with van der Waals surface area (Å²) in [6, 6.07) is 0.348. The Morgan fingerprint density at radius 3 is 2.86 bits per heavy atom. The molecule has 1 amide bonds. The van der Waals surface area contributed by atoms with E-state index in [9.17, 15) is 4.79 Å². The van der Waals surface area contributed by atoms with E-state index < -0.39 is 0 Å². The summed E-state index contributed by atoms with van der Waals surface area (Å²) in [6.07, 6.45) is 7.07. The van der Waals surface area contributed by atoms with Crippen LogP contribution in [0.4, 0.5) is 0 Å². The van der Waals surface area contributed by atoms with Gasteiger partial charge in [-0.3, -0.25) is 4.79 Å². The molecule has 2 saturated heterocycles. The molecule has 1 aromatic rings. The third-order valence-corrected chi connectivity index (χ3v) is 4.40. The van der Waals surface area contributed by atoms with E-state index in [1.165, 1.54) is 0 Å². The van der Waals surface area contributed by atoms with Crippen molar-refractivity contribution < 1.29 is 4.79 Å². The predicted octanol–water partition coefficient (Wildman–Crippen LogP) is 1.64. The quantitative estimate of drug-likeness (QED) is 0.914. The van der Waals surface area contributed by atoms with Crippen LogP contribution in [0.15, 0.2) is 12.4 Å². The number of rotatable bonds is 3. The molecule has 0 aromatic carbocycles. The highest BCUT2D eigenvalue weighted by Gasteiger charge is 2.34. The van der Waals surface area contributed by atoms with Crippen LogP contribution in [-0.4, -0.2) is 46.0 Å². The highest BCUT2D eigenvalue weighted by Crippen LogP contribution is 2.23. The van der Waals surface area contributed by atoms with Crippen LogP contribution in [-0.2, 0) is 11.3 Å². The first-order valence-electron chi connectivity index (χ1n) is 7.24. The fraction of sp³-hybridized carbons (Fsp3) is 0.714. The minimum atomic E-state index is 0. The van der Waals surface area contributed by atoms with Gasteiger partial charge >= 0.3 is 0 Å². The van der Waals surface area contributed by atoms with E-state index >= 15 is 0 Å². The molecule has 5 nitrogen and oxygen atoms in total. The summed E-state index contributed by atoms with van der Waals surface area (Å²) in [6.45, 7) is 5.66. The van der Waals surface area contributed by atoms with Crippen LogP contribution in [0.3, 0.4) is 0 Å². The van der Waals surface area contributed by atoms with Crippen LogP contribution in [0.25, 0.3) is 0 Å². The zero-order valence-electron chi connectivity index (χ0n) is 12.3. The number of nitrogens with zero attached hydrogens (tertiary/aromatic N) is 3. The molecule has 0 saturated carbocycles. The molecule has 1 N–H and O–H groups in total. The molecular formula is C14H24Cl2N4O. The number of aromatic nitrogens is 2. The highest BCUT2D eigenvalue weighted by atomic mass is 35.5. The molecule has 2 atom stereocenters. The summed E-state index contributed by atoms with van der Waals surface area (Å²) in [5, 5.41) is 3.28. The van der Waals surface area contributed by atoms with Gasteiger partial charge in [-0.15, -0.1) is 24.8 Å². The third kappa shape index (κ3) is 3.90. The Kier molecular flexibility index (Phi) is 6.97. The standard InChI is InChI=1S/C14H22N4O.2ClH/c1-11-16-6-8-17(11)10-13-3-2-7-18(13)14(19)12-4-5-15-9-12;;/h6,8,12-13,15H,2-5,7,9-10H2,1H3;2*1H. The molecule has 2 aliphatic rings. The van der Waals surface area contributed by atoms with Gasteiger partial charge in [0.2, 0.25) is 5.91 Å². The van der Waals surface area contributed by atoms with E-state index in [-0.39, 0.29) is 30.7 Å². The summed E-state index contributed by atoms with van der Waals surface area (Å²) < 4.78 is 2.16. The van der Waals surface area contributed by atoms with Crippen molar-refractivity contribution in [2.24, 2.45) is 5.92 Å². The summed E-state index contributed by atoms with van der Waals surface area (Å²) in [5.41, 5.74) is 0. The molecule has 0 bridgehead atoms. The molecule has 3 rings (SSSR count). The molecule has 2 unspecified atom stereocenters. The van der Waals surface area contributed by atoms with Gasteiger partial charge in [-0.05, 0) is 32.7 Å². The first-order valence-corrected chi connectivity index (χ1v) is 7.24. The number of amides is 1. The third-order valence-electron chi connectivity index (χ3n) is 4.40. The van der Waals surface area contributed by atoms with Crippen LogP contribution < -0.4 is 5.32 Å². The Hall–Kier alpha value is -0.780. The molecule has 0 spiro atoms. The molecule has 7 heteroatoms. The monoisotopic (exact) mass is 334 g/mol. The maximum Gasteiger partial charge on any atom is 0.227 e. The van der Waals surface area contributed by atoms with Crippen LogP contribution >= 0.6 is 24.8 Å². The van der Waals surface area contributed by atoms with E-state index in [0.717, 1.165) is 51.3 Å². The van der Waals surface area contributed by atoms with Crippen LogP contribution in [0.2, 0.25) is 0 Å². The zero-order chi connectivity index (χ0) is 13.2. The maximum atomic E-state index is 12.5. The Labute approximate surface area is 138 Å². The molecule has 3 heterocycles. The number of carbonyl (C=O) groups is 1. The fourth-order valence-corrected chi connectivity index (χ4v) is 3.24. The molecular weight excluding hydrogens is 311 g/mol. The summed E-state index contributed by atoms with van der Waals surface area (Å²) in [4.78, 5) is 18.9. The minimum Gasteiger partial charge on any atom is -0.338 e. The summed E-state index contributed by atoms with van der Waals surface area (Å²) in [7, 11) is 0. The van der Waals surface area contributed by atoms with Crippen molar-refractivity contribution in [1.29, 1.82) is 0 Å². The van der Waals surface area contributed by atoms with Crippen molar-refractivity contribution >= 4 is 30.7 Å². The maximum absolute atomic E-state index is 12.5. The number of carbonyl (C=O) groups excluding carboxylic acids is 1. The van der Waals surface area contributed by atoms with E-state index in [1.807, 2.05) is 19.3 Å². The van der Waals surface area contributed by atoms with E-state index in [2.05, 4.69) is 19.8 Å².